The maximum atomic E-state index is 12.7. The summed E-state index contributed by atoms with van der Waals surface area (Å²) in [6.07, 6.45) is 3.28. The third-order valence-electron chi connectivity index (χ3n) is 4.16. The second kappa shape index (κ2) is 9.02. The molecule has 2 N–H and O–H groups in total. The van der Waals surface area contributed by atoms with Gasteiger partial charge in [-0.1, -0.05) is 18.2 Å². The number of hydrogen-bond acceptors (Lipinski definition) is 5. The molecule has 0 atom stereocenters. The molecule has 30 heavy (non-hydrogen) atoms. The predicted octanol–water partition coefficient (Wildman–Crippen LogP) is 5.44. The molecule has 2 amide bonds. The molecule has 2 aromatic heterocycles. The van der Waals surface area contributed by atoms with Gasteiger partial charge in [-0.3, -0.25) is 14.6 Å². The van der Waals surface area contributed by atoms with Crippen LogP contribution in [0.15, 0.2) is 90.6 Å². The van der Waals surface area contributed by atoms with Crippen molar-refractivity contribution >= 4 is 34.5 Å². The molecule has 0 spiro atoms. The molecule has 0 radical (unpaired) electrons. The second-order valence-corrected chi connectivity index (χ2v) is 7.19. The van der Waals surface area contributed by atoms with E-state index in [1.54, 1.807) is 79.1 Å². The fourth-order valence-electron chi connectivity index (χ4n) is 2.71. The van der Waals surface area contributed by atoms with Crippen molar-refractivity contribution in [2.24, 2.45) is 0 Å². The summed E-state index contributed by atoms with van der Waals surface area (Å²) in [5, 5.41) is 7.52. The first-order valence-electron chi connectivity index (χ1n) is 9.12. The summed E-state index contributed by atoms with van der Waals surface area (Å²) in [6.45, 7) is 0. The van der Waals surface area contributed by atoms with E-state index in [9.17, 15) is 9.59 Å². The standard InChI is InChI=1S/C23H17N3O3S/c27-22(16-9-11-17(12-10-16)29-18-5-3-13-24-15-18)25-19-6-1-2-7-20(19)26-23(28)21-8-4-14-30-21/h1-15H,(H,25,27)(H,26,28). The van der Waals surface area contributed by atoms with Crippen LogP contribution < -0.4 is 15.4 Å². The third kappa shape index (κ3) is 4.71. The average Bonchev–Trinajstić information content (AvgIpc) is 3.31. The number of para-hydroxylation sites is 2. The number of rotatable bonds is 6. The molecule has 0 unspecified atom stereocenters. The zero-order valence-electron chi connectivity index (χ0n) is 15.7. The number of nitrogens with one attached hydrogen (secondary N) is 2. The average molecular weight is 415 g/mol. The van der Waals surface area contributed by atoms with E-state index in [-0.39, 0.29) is 11.8 Å². The van der Waals surface area contributed by atoms with Gasteiger partial charge in [0.05, 0.1) is 22.4 Å². The number of carbonyl (C=O) groups excluding carboxylic acids is 2. The summed E-state index contributed by atoms with van der Waals surface area (Å²) in [6, 6.07) is 21.0. The number of ether oxygens (including phenoxy) is 1. The number of thiophene rings is 1. The van der Waals surface area contributed by atoms with Crippen LogP contribution in [0.5, 0.6) is 11.5 Å². The highest BCUT2D eigenvalue weighted by atomic mass is 32.1. The van der Waals surface area contributed by atoms with Crippen molar-refractivity contribution in [3.63, 3.8) is 0 Å². The molecule has 4 rings (SSSR count). The Balaban J connectivity index is 1.44. The van der Waals surface area contributed by atoms with Gasteiger partial charge >= 0.3 is 0 Å². The number of benzene rings is 2. The molecule has 148 valence electrons. The minimum absolute atomic E-state index is 0.219. The van der Waals surface area contributed by atoms with Gasteiger partial charge in [-0.05, 0) is 60.0 Å². The molecular weight excluding hydrogens is 398 g/mol. The van der Waals surface area contributed by atoms with Gasteiger partial charge in [0, 0.05) is 11.8 Å². The van der Waals surface area contributed by atoms with E-state index in [2.05, 4.69) is 15.6 Å². The van der Waals surface area contributed by atoms with Crippen LogP contribution in [0.25, 0.3) is 0 Å². The number of pyridine rings is 1. The van der Waals surface area contributed by atoms with Crippen molar-refractivity contribution < 1.29 is 14.3 Å². The summed E-state index contributed by atoms with van der Waals surface area (Å²) in [4.78, 5) is 29.6. The monoisotopic (exact) mass is 415 g/mol. The number of hydrogen-bond donors (Lipinski definition) is 2. The molecule has 0 aliphatic carbocycles. The van der Waals surface area contributed by atoms with Crippen LogP contribution in [0.2, 0.25) is 0 Å². The van der Waals surface area contributed by atoms with Crippen molar-refractivity contribution in [3.05, 3.63) is 101 Å². The van der Waals surface area contributed by atoms with Crippen LogP contribution in [0, 0.1) is 0 Å². The maximum absolute atomic E-state index is 12.7. The van der Waals surface area contributed by atoms with Crippen LogP contribution in [0.4, 0.5) is 11.4 Å². The predicted molar refractivity (Wildman–Crippen MR) is 117 cm³/mol. The topological polar surface area (TPSA) is 80.3 Å². The minimum atomic E-state index is -0.291. The molecule has 0 aliphatic rings. The van der Waals surface area contributed by atoms with E-state index in [0.717, 1.165) is 0 Å². The van der Waals surface area contributed by atoms with E-state index >= 15 is 0 Å². The van der Waals surface area contributed by atoms with Gasteiger partial charge in [-0.15, -0.1) is 11.3 Å². The molecule has 0 fully saturated rings. The first-order valence-corrected chi connectivity index (χ1v) is 10.0. The Labute approximate surface area is 177 Å². The minimum Gasteiger partial charge on any atom is -0.456 e. The van der Waals surface area contributed by atoms with Crippen molar-refractivity contribution in [2.75, 3.05) is 10.6 Å². The summed E-state index contributed by atoms with van der Waals surface area (Å²) >= 11 is 1.35. The highest BCUT2D eigenvalue weighted by Crippen LogP contribution is 2.24. The summed E-state index contributed by atoms with van der Waals surface area (Å²) < 4.78 is 5.69. The van der Waals surface area contributed by atoms with Crippen LogP contribution in [0.1, 0.15) is 20.0 Å². The van der Waals surface area contributed by atoms with E-state index in [1.165, 1.54) is 11.3 Å². The second-order valence-electron chi connectivity index (χ2n) is 6.25. The lowest BCUT2D eigenvalue weighted by molar-refractivity contribution is 0.101. The first kappa shape index (κ1) is 19.4. The lowest BCUT2D eigenvalue weighted by Crippen LogP contribution is -2.16. The largest absolute Gasteiger partial charge is 0.456 e. The SMILES string of the molecule is O=C(Nc1ccccc1NC(=O)c1cccs1)c1ccc(Oc2cccnc2)cc1. The zero-order valence-corrected chi connectivity index (χ0v) is 16.6. The van der Waals surface area contributed by atoms with Gasteiger partial charge in [0.1, 0.15) is 11.5 Å². The number of aromatic nitrogens is 1. The van der Waals surface area contributed by atoms with Crippen LogP contribution in [-0.2, 0) is 0 Å². The lowest BCUT2D eigenvalue weighted by atomic mass is 10.2. The van der Waals surface area contributed by atoms with Gasteiger partial charge in [-0.2, -0.15) is 0 Å². The Hall–Kier alpha value is -3.97. The highest BCUT2D eigenvalue weighted by molar-refractivity contribution is 7.12. The van der Waals surface area contributed by atoms with E-state index < -0.39 is 0 Å². The number of anilines is 2. The Bertz CT molecular complexity index is 1140. The molecule has 0 saturated heterocycles. The fourth-order valence-corrected chi connectivity index (χ4v) is 3.32. The molecule has 7 heteroatoms. The normalized spacial score (nSPS) is 10.3. The molecule has 0 saturated carbocycles. The van der Waals surface area contributed by atoms with Gasteiger partial charge in [0.25, 0.3) is 11.8 Å². The molecular formula is C23H17N3O3S. The van der Waals surface area contributed by atoms with Crippen molar-refractivity contribution in [2.45, 2.75) is 0 Å². The summed E-state index contributed by atoms with van der Waals surface area (Å²) in [7, 11) is 0. The summed E-state index contributed by atoms with van der Waals surface area (Å²) in [5.74, 6) is 0.706. The van der Waals surface area contributed by atoms with Gasteiger partial charge in [0.15, 0.2) is 0 Å². The molecule has 4 aromatic rings. The Morgan fingerprint density at radius 1 is 0.767 bits per heavy atom. The first-order chi connectivity index (χ1) is 14.7. The fraction of sp³-hybridized carbons (Fsp3) is 0. The Kier molecular flexibility index (Phi) is 5.82. The van der Waals surface area contributed by atoms with E-state index in [1.807, 2.05) is 11.4 Å². The molecule has 2 aromatic carbocycles. The quantitative estimate of drug-likeness (QED) is 0.439. The highest BCUT2D eigenvalue weighted by Gasteiger charge is 2.13. The van der Waals surface area contributed by atoms with E-state index in [0.29, 0.717) is 33.3 Å². The smallest absolute Gasteiger partial charge is 0.265 e. The number of amides is 2. The van der Waals surface area contributed by atoms with E-state index in [4.69, 9.17) is 4.74 Å². The van der Waals surface area contributed by atoms with Crippen LogP contribution in [0.3, 0.4) is 0 Å². The zero-order chi connectivity index (χ0) is 20.8. The Morgan fingerprint density at radius 3 is 2.13 bits per heavy atom. The molecule has 6 nitrogen and oxygen atoms in total. The number of carbonyl (C=O) groups is 2. The lowest BCUT2D eigenvalue weighted by Gasteiger charge is -2.12. The summed E-state index contributed by atoms with van der Waals surface area (Å²) in [5.41, 5.74) is 1.51. The van der Waals surface area contributed by atoms with Crippen LogP contribution in [-0.4, -0.2) is 16.8 Å². The Morgan fingerprint density at radius 2 is 1.50 bits per heavy atom. The number of nitrogens with zero attached hydrogens (tertiary/aromatic N) is 1. The molecule has 0 aliphatic heterocycles. The molecule has 2 heterocycles. The molecule has 0 bridgehead atoms. The maximum Gasteiger partial charge on any atom is 0.265 e. The van der Waals surface area contributed by atoms with Gasteiger partial charge in [-0.25, -0.2) is 0 Å². The van der Waals surface area contributed by atoms with Gasteiger partial charge < -0.3 is 15.4 Å². The third-order valence-corrected chi connectivity index (χ3v) is 5.02. The van der Waals surface area contributed by atoms with Crippen molar-refractivity contribution in [1.29, 1.82) is 0 Å². The van der Waals surface area contributed by atoms with Crippen LogP contribution >= 0.6 is 11.3 Å². The van der Waals surface area contributed by atoms with Crippen molar-refractivity contribution in [3.8, 4) is 11.5 Å². The van der Waals surface area contributed by atoms with Crippen molar-refractivity contribution in [1.82, 2.24) is 4.98 Å². The van der Waals surface area contributed by atoms with Gasteiger partial charge in [0.2, 0.25) is 0 Å².